The summed E-state index contributed by atoms with van der Waals surface area (Å²) < 4.78 is 52.2. The molecular formula is C32H31FIN5O4S. The van der Waals surface area contributed by atoms with Crippen molar-refractivity contribution >= 4 is 49.4 Å². The number of sulfonamides is 1. The molecule has 0 aliphatic carbocycles. The maximum Gasteiger partial charge on any atom is 0.234 e. The van der Waals surface area contributed by atoms with Gasteiger partial charge in [-0.1, -0.05) is 36.8 Å². The highest BCUT2D eigenvalue weighted by atomic mass is 127. The highest BCUT2D eigenvalue weighted by Crippen LogP contribution is 2.40. The van der Waals surface area contributed by atoms with Crippen molar-refractivity contribution in [3.8, 4) is 22.9 Å². The first kappa shape index (κ1) is 30.3. The fraction of sp³-hybridized carbons (Fsp3) is 0.281. The van der Waals surface area contributed by atoms with Crippen molar-refractivity contribution in [2.75, 3.05) is 5.75 Å². The number of H-pyrrole nitrogens is 1. The van der Waals surface area contributed by atoms with Crippen LogP contribution in [0.3, 0.4) is 0 Å². The van der Waals surface area contributed by atoms with Gasteiger partial charge in [0.2, 0.25) is 15.9 Å². The third-order valence-corrected chi connectivity index (χ3v) is 10.3. The molecule has 6 rings (SSSR count). The Morgan fingerprint density at radius 2 is 1.86 bits per heavy atom. The van der Waals surface area contributed by atoms with Crippen LogP contribution in [0, 0.1) is 9.39 Å². The molecule has 3 heterocycles. The van der Waals surface area contributed by atoms with E-state index in [-0.39, 0.29) is 24.2 Å². The Morgan fingerprint density at radius 3 is 2.66 bits per heavy atom. The molecule has 1 amide bonds. The number of aromatic nitrogens is 4. The summed E-state index contributed by atoms with van der Waals surface area (Å²) in [5, 5.41) is 5.59. The van der Waals surface area contributed by atoms with Gasteiger partial charge in [-0.25, -0.2) is 22.5 Å². The molecule has 44 heavy (non-hydrogen) atoms. The lowest BCUT2D eigenvalue weighted by Gasteiger charge is -2.27. The molecule has 1 unspecified atom stereocenters. The van der Waals surface area contributed by atoms with Gasteiger partial charge >= 0.3 is 0 Å². The van der Waals surface area contributed by atoms with Crippen molar-refractivity contribution in [1.82, 2.24) is 24.5 Å². The van der Waals surface area contributed by atoms with E-state index in [1.165, 1.54) is 6.07 Å². The summed E-state index contributed by atoms with van der Waals surface area (Å²) in [4.78, 5) is 20.9. The first-order valence-electron chi connectivity index (χ1n) is 14.3. The Bertz CT molecular complexity index is 1980. The molecule has 0 radical (unpaired) electrons. The first-order valence-corrected chi connectivity index (χ1v) is 17.0. The summed E-state index contributed by atoms with van der Waals surface area (Å²) in [5.74, 6) is 0.493. The van der Waals surface area contributed by atoms with Crippen molar-refractivity contribution < 1.29 is 22.3 Å². The van der Waals surface area contributed by atoms with Crippen molar-refractivity contribution in [2.24, 2.45) is 7.05 Å². The fourth-order valence-corrected chi connectivity index (χ4v) is 7.65. The summed E-state index contributed by atoms with van der Waals surface area (Å²) in [6.07, 6.45) is 3.38. The van der Waals surface area contributed by atoms with Gasteiger partial charge in [0, 0.05) is 36.1 Å². The van der Waals surface area contributed by atoms with E-state index in [1.54, 1.807) is 30.1 Å². The van der Waals surface area contributed by atoms with Crippen LogP contribution in [0.4, 0.5) is 4.39 Å². The highest BCUT2D eigenvalue weighted by molar-refractivity contribution is 14.1. The Balaban J connectivity index is 1.49. The van der Waals surface area contributed by atoms with Crippen LogP contribution in [0.1, 0.15) is 49.6 Å². The minimum Gasteiger partial charge on any atom is -0.456 e. The van der Waals surface area contributed by atoms with Gasteiger partial charge in [0.1, 0.15) is 17.3 Å². The second-order valence-electron chi connectivity index (χ2n) is 11.2. The Hall–Kier alpha value is -3.78. The molecule has 0 spiro atoms. The van der Waals surface area contributed by atoms with Gasteiger partial charge in [0.25, 0.3) is 0 Å². The minimum absolute atomic E-state index is 0.0574. The topological polar surface area (TPSA) is 119 Å². The molecule has 3 aromatic carbocycles. The number of aryl methyl sites for hydroxylation is 2. The van der Waals surface area contributed by atoms with Crippen LogP contribution in [-0.4, -0.2) is 39.8 Å². The van der Waals surface area contributed by atoms with Crippen LogP contribution in [-0.2, 0) is 33.7 Å². The smallest absolute Gasteiger partial charge is 0.234 e. The molecule has 228 valence electrons. The first-order chi connectivity index (χ1) is 21.0. The van der Waals surface area contributed by atoms with E-state index in [4.69, 9.17) is 14.8 Å². The molecular weight excluding hydrogens is 696 g/mol. The summed E-state index contributed by atoms with van der Waals surface area (Å²) in [7, 11) is -2.11. The average molecular weight is 728 g/mol. The van der Waals surface area contributed by atoms with Gasteiger partial charge in [0.15, 0.2) is 11.6 Å². The number of halogens is 2. The number of nitrogens with zero attached hydrogens (tertiary/aromatic N) is 3. The maximum absolute atomic E-state index is 15.4. The van der Waals surface area contributed by atoms with E-state index in [2.05, 4.69) is 32.3 Å². The number of rotatable bonds is 1. The van der Waals surface area contributed by atoms with Gasteiger partial charge in [0.05, 0.1) is 20.3 Å². The zero-order valence-electron chi connectivity index (χ0n) is 24.2. The second-order valence-corrected chi connectivity index (χ2v) is 14.2. The predicted molar refractivity (Wildman–Crippen MR) is 174 cm³/mol. The molecule has 9 nitrogen and oxygen atoms in total. The lowest BCUT2D eigenvalue weighted by molar-refractivity contribution is -0.119. The number of ether oxygens (including phenoxy) is 1. The molecule has 0 fully saturated rings. The number of fused-ring (bicyclic) bond motifs is 8. The highest BCUT2D eigenvalue weighted by Gasteiger charge is 2.34. The molecule has 12 heteroatoms. The van der Waals surface area contributed by atoms with Gasteiger partial charge < -0.3 is 9.72 Å². The zero-order valence-corrected chi connectivity index (χ0v) is 27.2. The Labute approximate surface area is 268 Å². The number of carbonyl (C=O) groups excluding carboxylic acids is 1. The summed E-state index contributed by atoms with van der Waals surface area (Å²) >= 11 is 2.16. The largest absolute Gasteiger partial charge is 0.456 e. The lowest BCUT2D eigenvalue weighted by atomic mass is 9.77. The number of amides is 1. The molecule has 0 saturated heterocycles. The summed E-state index contributed by atoms with van der Waals surface area (Å²) in [6.45, 7) is 2.01. The molecule has 1 atom stereocenters. The molecule has 0 saturated carbocycles. The maximum atomic E-state index is 15.4. The number of aromatic amines is 1. The van der Waals surface area contributed by atoms with E-state index in [1.807, 2.05) is 49.4 Å². The molecule has 1 aliphatic heterocycles. The SMILES string of the molecule is Cn1nc2nc1-c1cc(ccc1F)Oc1c(I)cc3[nH]ccc3c1CCC(=O)NS(=O)(=O)CCCCC2(C)c1ccccc1. The van der Waals surface area contributed by atoms with E-state index in [9.17, 15) is 13.2 Å². The van der Waals surface area contributed by atoms with E-state index < -0.39 is 27.2 Å². The molecule has 1 aliphatic rings. The predicted octanol–water partition coefficient (Wildman–Crippen LogP) is 6.37. The lowest BCUT2D eigenvalue weighted by Crippen LogP contribution is -2.33. The Morgan fingerprint density at radius 1 is 1.07 bits per heavy atom. The quantitative estimate of drug-likeness (QED) is 0.194. The van der Waals surface area contributed by atoms with Crippen molar-refractivity contribution in [1.29, 1.82) is 0 Å². The number of carbonyl (C=O) groups is 1. The Kier molecular flexibility index (Phi) is 8.22. The van der Waals surface area contributed by atoms with Crippen LogP contribution in [0.15, 0.2) is 66.9 Å². The molecule has 2 aromatic heterocycles. The normalized spacial score (nSPS) is 19.2. The monoisotopic (exact) mass is 727 g/mol. The van der Waals surface area contributed by atoms with Gasteiger partial charge in [-0.15, -0.1) is 0 Å². The average Bonchev–Trinajstić information content (AvgIpc) is 3.62. The fourth-order valence-electron chi connectivity index (χ4n) is 5.77. The standard InChI is InChI=1S/C32H31FIN5O4S/c1-32(20-8-4-3-5-9-20)15-6-7-17-44(41,42)38-28(40)13-11-23-22-14-16-35-27(22)19-26(34)29(23)43-21-10-12-25(33)24(18-21)30-36-31(32)37-39(30)2/h3-5,8-10,12,14,16,18-19,35H,6-7,11,13,15,17H2,1-2H3,(H,38,40). The number of benzene rings is 3. The molecule has 4 bridgehead atoms. The van der Waals surface area contributed by atoms with E-state index in [0.717, 1.165) is 25.6 Å². The number of nitrogens with one attached hydrogen (secondary N) is 2. The summed E-state index contributed by atoms with van der Waals surface area (Å²) in [5.41, 5.74) is 2.11. The van der Waals surface area contributed by atoms with Crippen LogP contribution < -0.4 is 9.46 Å². The molecule has 5 aromatic rings. The van der Waals surface area contributed by atoms with Crippen LogP contribution in [0.2, 0.25) is 0 Å². The third-order valence-electron chi connectivity index (χ3n) is 8.14. The second kappa shape index (κ2) is 12.0. The third kappa shape index (κ3) is 5.96. The number of hydrogen-bond acceptors (Lipinski definition) is 6. The van der Waals surface area contributed by atoms with Gasteiger partial charge in [-0.2, -0.15) is 5.10 Å². The van der Waals surface area contributed by atoms with E-state index >= 15 is 4.39 Å². The number of hydrogen-bond donors (Lipinski definition) is 2. The molecule has 2 N–H and O–H groups in total. The minimum atomic E-state index is -3.84. The van der Waals surface area contributed by atoms with Crippen LogP contribution in [0.25, 0.3) is 22.3 Å². The summed E-state index contributed by atoms with van der Waals surface area (Å²) in [6, 6.07) is 18.1. The van der Waals surface area contributed by atoms with Crippen LogP contribution >= 0.6 is 22.6 Å². The zero-order chi connectivity index (χ0) is 31.1. The van der Waals surface area contributed by atoms with Crippen LogP contribution in [0.5, 0.6) is 11.5 Å². The van der Waals surface area contributed by atoms with Crippen molar-refractivity contribution in [3.63, 3.8) is 0 Å². The van der Waals surface area contributed by atoms with Crippen molar-refractivity contribution in [3.05, 3.63) is 93.2 Å². The van der Waals surface area contributed by atoms with E-state index in [0.29, 0.717) is 42.4 Å². The van der Waals surface area contributed by atoms with Gasteiger partial charge in [-0.05, 0) is 84.7 Å². The van der Waals surface area contributed by atoms with Crippen molar-refractivity contribution in [2.45, 2.75) is 44.4 Å². The van der Waals surface area contributed by atoms with Gasteiger partial charge in [-0.3, -0.25) is 9.52 Å².